The highest BCUT2D eigenvalue weighted by Gasteiger charge is 2.02. The van der Waals surface area contributed by atoms with Crippen LogP contribution in [-0.4, -0.2) is 28.5 Å². The molecule has 0 aliphatic rings. The van der Waals surface area contributed by atoms with Crippen LogP contribution in [0.25, 0.3) is 0 Å². The van der Waals surface area contributed by atoms with E-state index in [1.54, 1.807) is 7.05 Å². The summed E-state index contributed by atoms with van der Waals surface area (Å²) >= 11 is 3.30. The molecule has 5 nitrogen and oxygen atoms in total. The quantitative estimate of drug-likeness (QED) is 0.782. The number of halogens is 1. The molecule has 1 heterocycles. The number of hydrogen-bond donors (Lipinski definition) is 2. The SMILES string of the molecule is CCNc1nc(CBr)nc(NC)n1. The van der Waals surface area contributed by atoms with Gasteiger partial charge in [0.2, 0.25) is 11.9 Å². The van der Waals surface area contributed by atoms with Crippen LogP contribution in [-0.2, 0) is 5.33 Å². The fourth-order valence-corrected chi connectivity index (χ4v) is 1.08. The number of anilines is 2. The molecule has 72 valence electrons. The van der Waals surface area contributed by atoms with Gasteiger partial charge in [0, 0.05) is 13.6 Å². The van der Waals surface area contributed by atoms with E-state index in [1.807, 2.05) is 6.92 Å². The first-order chi connectivity index (χ1) is 6.30. The Hall–Kier alpha value is -0.910. The molecule has 13 heavy (non-hydrogen) atoms. The Morgan fingerprint density at radius 3 is 2.46 bits per heavy atom. The number of aromatic nitrogens is 3. The third kappa shape index (κ3) is 2.80. The van der Waals surface area contributed by atoms with Gasteiger partial charge in [-0.15, -0.1) is 0 Å². The first-order valence-electron chi connectivity index (χ1n) is 4.02. The highest BCUT2D eigenvalue weighted by Crippen LogP contribution is 2.06. The van der Waals surface area contributed by atoms with Crippen molar-refractivity contribution in [1.29, 1.82) is 0 Å². The van der Waals surface area contributed by atoms with Crippen molar-refractivity contribution in [3.63, 3.8) is 0 Å². The highest BCUT2D eigenvalue weighted by molar-refractivity contribution is 9.08. The minimum Gasteiger partial charge on any atom is -0.357 e. The van der Waals surface area contributed by atoms with Crippen LogP contribution in [0.2, 0.25) is 0 Å². The van der Waals surface area contributed by atoms with Crippen molar-refractivity contribution < 1.29 is 0 Å². The summed E-state index contributed by atoms with van der Waals surface area (Å²) < 4.78 is 0. The van der Waals surface area contributed by atoms with E-state index in [2.05, 4.69) is 41.5 Å². The average molecular weight is 246 g/mol. The van der Waals surface area contributed by atoms with E-state index < -0.39 is 0 Å². The number of nitrogens with one attached hydrogen (secondary N) is 2. The third-order valence-corrected chi connectivity index (χ3v) is 1.86. The largest absolute Gasteiger partial charge is 0.357 e. The topological polar surface area (TPSA) is 62.7 Å². The zero-order chi connectivity index (χ0) is 9.68. The van der Waals surface area contributed by atoms with Crippen LogP contribution in [0.15, 0.2) is 0 Å². The van der Waals surface area contributed by atoms with E-state index in [-0.39, 0.29) is 0 Å². The zero-order valence-corrected chi connectivity index (χ0v) is 9.22. The summed E-state index contributed by atoms with van der Waals surface area (Å²) in [6, 6.07) is 0. The molecule has 0 fully saturated rings. The van der Waals surface area contributed by atoms with Crippen LogP contribution in [0.1, 0.15) is 12.7 Å². The molecule has 0 aliphatic heterocycles. The smallest absolute Gasteiger partial charge is 0.227 e. The minimum atomic E-state index is 0.584. The maximum Gasteiger partial charge on any atom is 0.227 e. The van der Waals surface area contributed by atoms with Gasteiger partial charge in [0.05, 0.1) is 5.33 Å². The van der Waals surface area contributed by atoms with Crippen molar-refractivity contribution in [1.82, 2.24) is 15.0 Å². The van der Waals surface area contributed by atoms with Gasteiger partial charge in [0.1, 0.15) is 5.82 Å². The Balaban J connectivity index is 2.93. The molecule has 0 amide bonds. The summed E-state index contributed by atoms with van der Waals surface area (Å²) in [5, 5.41) is 6.54. The van der Waals surface area contributed by atoms with Gasteiger partial charge in [0.15, 0.2) is 0 Å². The lowest BCUT2D eigenvalue weighted by Crippen LogP contribution is -2.08. The second-order valence-electron chi connectivity index (χ2n) is 2.31. The monoisotopic (exact) mass is 245 g/mol. The molecule has 1 aromatic heterocycles. The molecule has 0 aromatic carbocycles. The second-order valence-corrected chi connectivity index (χ2v) is 2.87. The maximum absolute atomic E-state index is 4.17. The van der Waals surface area contributed by atoms with E-state index in [9.17, 15) is 0 Å². The standard InChI is InChI=1S/C7H12BrN5/c1-3-10-7-12-5(4-8)11-6(9-2)13-7/h3-4H2,1-2H3,(H2,9,10,11,12,13). The van der Waals surface area contributed by atoms with Crippen LogP contribution >= 0.6 is 15.9 Å². The second kappa shape index (κ2) is 4.96. The Morgan fingerprint density at radius 1 is 1.23 bits per heavy atom. The zero-order valence-electron chi connectivity index (χ0n) is 7.63. The van der Waals surface area contributed by atoms with Gasteiger partial charge >= 0.3 is 0 Å². The average Bonchev–Trinajstić information content (AvgIpc) is 2.17. The van der Waals surface area contributed by atoms with E-state index in [4.69, 9.17) is 0 Å². The number of alkyl halides is 1. The van der Waals surface area contributed by atoms with Crippen LogP contribution in [0.3, 0.4) is 0 Å². The fraction of sp³-hybridized carbons (Fsp3) is 0.571. The highest BCUT2D eigenvalue weighted by atomic mass is 79.9. The molecular formula is C7H12BrN5. The summed E-state index contributed by atoms with van der Waals surface area (Å²) in [6.07, 6.45) is 0. The summed E-state index contributed by atoms with van der Waals surface area (Å²) in [4.78, 5) is 12.4. The summed E-state index contributed by atoms with van der Waals surface area (Å²) in [5.74, 6) is 1.91. The predicted octanol–water partition coefficient (Wildman–Crippen LogP) is 1.24. The fourth-order valence-electron chi connectivity index (χ4n) is 0.829. The Bertz CT molecular complexity index is 255. The lowest BCUT2D eigenvalue weighted by Gasteiger charge is -2.05. The van der Waals surface area contributed by atoms with E-state index in [0.717, 1.165) is 12.4 Å². The number of nitrogens with zero attached hydrogens (tertiary/aromatic N) is 3. The van der Waals surface area contributed by atoms with Gasteiger partial charge in [-0.25, -0.2) is 0 Å². The first kappa shape index (κ1) is 10.2. The number of hydrogen-bond acceptors (Lipinski definition) is 5. The molecule has 0 spiro atoms. The van der Waals surface area contributed by atoms with Crippen LogP contribution < -0.4 is 10.6 Å². The maximum atomic E-state index is 4.17. The number of rotatable bonds is 4. The van der Waals surface area contributed by atoms with Gasteiger partial charge < -0.3 is 10.6 Å². The molecule has 1 aromatic rings. The van der Waals surface area contributed by atoms with Crippen LogP contribution in [0, 0.1) is 0 Å². The van der Waals surface area contributed by atoms with Crippen molar-refractivity contribution in [3.8, 4) is 0 Å². The molecule has 6 heteroatoms. The molecule has 0 unspecified atom stereocenters. The van der Waals surface area contributed by atoms with E-state index >= 15 is 0 Å². The van der Waals surface area contributed by atoms with Gasteiger partial charge in [-0.3, -0.25) is 0 Å². The molecule has 0 saturated carbocycles. The normalized spacial score (nSPS) is 9.77. The lowest BCUT2D eigenvalue weighted by atomic mass is 10.6. The van der Waals surface area contributed by atoms with Crippen LogP contribution in [0.4, 0.5) is 11.9 Å². The van der Waals surface area contributed by atoms with Crippen molar-refractivity contribution in [2.45, 2.75) is 12.3 Å². The van der Waals surface area contributed by atoms with Crippen molar-refractivity contribution >= 4 is 27.8 Å². The predicted molar refractivity (Wildman–Crippen MR) is 56.2 cm³/mol. The summed E-state index contributed by atoms with van der Waals surface area (Å²) in [5.41, 5.74) is 0. The van der Waals surface area contributed by atoms with Gasteiger partial charge in [0.25, 0.3) is 0 Å². The molecule has 0 bridgehead atoms. The molecule has 0 atom stereocenters. The van der Waals surface area contributed by atoms with Crippen molar-refractivity contribution in [2.24, 2.45) is 0 Å². The van der Waals surface area contributed by atoms with Crippen molar-refractivity contribution in [2.75, 3.05) is 24.2 Å². The van der Waals surface area contributed by atoms with Gasteiger partial charge in [-0.1, -0.05) is 15.9 Å². The Kier molecular flexibility index (Phi) is 3.88. The molecule has 1 rings (SSSR count). The van der Waals surface area contributed by atoms with Crippen molar-refractivity contribution in [3.05, 3.63) is 5.82 Å². The lowest BCUT2D eigenvalue weighted by molar-refractivity contribution is 0.957. The summed E-state index contributed by atoms with van der Waals surface area (Å²) in [7, 11) is 1.78. The van der Waals surface area contributed by atoms with Gasteiger partial charge in [-0.05, 0) is 6.92 Å². The molecular weight excluding hydrogens is 234 g/mol. The Labute approximate surface area is 85.5 Å². The molecule has 2 N–H and O–H groups in total. The third-order valence-electron chi connectivity index (χ3n) is 1.36. The molecule has 0 radical (unpaired) electrons. The summed E-state index contributed by atoms with van der Waals surface area (Å²) in [6.45, 7) is 2.80. The Morgan fingerprint density at radius 2 is 1.92 bits per heavy atom. The molecule has 0 saturated heterocycles. The molecule has 0 aliphatic carbocycles. The van der Waals surface area contributed by atoms with Crippen LogP contribution in [0.5, 0.6) is 0 Å². The van der Waals surface area contributed by atoms with E-state index in [1.165, 1.54) is 0 Å². The van der Waals surface area contributed by atoms with E-state index in [0.29, 0.717) is 17.2 Å². The van der Waals surface area contributed by atoms with Gasteiger partial charge in [-0.2, -0.15) is 15.0 Å². The first-order valence-corrected chi connectivity index (χ1v) is 5.14. The minimum absolute atomic E-state index is 0.584.